The van der Waals surface area contributed by atoms with Gasteiger partial charge in [-0.05, 0) is 103 Å². The number of rotatable bonds is 11. The minimum Gasteiger partial charge on any atom is -0.508 e. The second-order valence-electron chi connectivity index (χ2n) is 19.1. The Hall–Kier alpha value is -6.06. The summed E-state index contributed by atoms with van der Waals surface area (Å²) >= 11 is 0. The van der Waals surface area contributed by atoms with Gasteiger partial charge in [-0.1, -0.05) is 46.4 Å². The maximum absolute atomic E-state index is 14.7. The Bertz CT molecular complexity index is 2500. The molecule has 0 unspecified atom stereocenters. The number of hydrogen-bond acceptors (Lipinski definition) is 10. The Morgan fingerprint density at radius 3 is 2.62 bits per heavy atom. The minimum atomic E-state index is -1.16. The first kappa shape index (κ1) is 47.9. The van der Waals surface area contributed by atoms with Crippen molar-refractivity contribution in [1.29, 1.82) is 0 Å². The number of esters is 1. The van der Waals surface area contributed by atoms with Gasteiger partial charge in [-0.15, -0.1) is 0 Å². The zero-order valence-corrected chi connectivity index (χ0v) is 39.4. The fraction of sp³-hybridized carbons (Fsp3) is 0.490. The van der Waals surface area contributed by atoms with Crippen LogP contribution in [-0.4, -0.2) is 124 Å². The number of carbonyl (C=O) groups is 5. The molecule has 4 amide bonds. The highest BCUT2D eigenvalue weighted by atomic mass is 16.5. The van der Waals surface area contributed by atoms with Crippen molar-refractivity contribution in [3.05, 3.63) is 84.2 Å². The van der Waals surface area contributed by atoms with E-state index < -0.39 is 47.2 Å². The number of cyclic esters (lactones) is 1. The van der Waals surface area contributed by atoms with Gasteiger partial charge in [0.2, 0.25) is 17.7 Å². The van der Waals surface area contributed by atoms with E-state index in [9.17, 15) is 29.1 Å². The van der Waals surface area contributed by atoms with Gasteiger partial charge in [0.15, 0.2) is 0 Å². The van der Waals surface area contributed by atoms with Crippen LogP contribution >= 0.6 is 0 Å². The molecule has 2 aromatic heterocycles. The van der Waals surface area contributed by atoms with Crippen LogP contribution in [0.3, 0.4) is 0 Å². The summed E-state index contributed by atoms with van der Waals surface area (Å²) < 4.78 is 13.9. The zero-order chi connectivity index (χ0) is 47.4. The number of hydrogen-bond donors (Lipinski definition) is 3. The van der Waals surface area contributed by atoms with Crippen molar-refractivity contribution in [2.24, 2.45) is 17.3 Å². The van der Waals surface area contributed by atoms with Crippen LogP contribution in [0.5, 0.6) is 5.75 Å². The Labute approximate surface area is 387 Å². The van der Waals surface area contributed by atoms with Crippen molar-refractivity contribution in [2.45, 2.75) is 97.8 Å². The molecule has 3 N–H and O–H groups in total. The highest BCUT2D eigenvalue weighted by Crippen LogP contribution is 2.41. The molecule has 15 heteroatoms. The normalized spacial score (nSPS) is 20.5. The standard InChI is InChI=1S/C51H65N7O8/c1-9-44(60)56-21-17-34(29-56)48(62)55(7)45(31(3)4)47(61)53-42-25-32-23-35(26-36(59)24-32)33-15-16-43-38(27-33)39(46(57(43)10-2)37-13-11-19-52-40(37)18-22-65-8)28-51(5,6)30-66-50(64)41-14-12-20-58(54-41)49(42)63/h9,11,13,15-16,19,23-24,26-27,31,34,41-42,45,54,59H,1,10,12,14,17-18,20-22,25,28-30H2,2-8H3,(H,53,61)/t34-,41-,42-,45-/m0/s1. The van der Waals surface area contributed by atoms with Crippen molar-refractivity contribution in [2.75, 3.05) is 47.0 Å². The molecule has 0 radical (unpaired) electrons. The van der Waals surface area contributed by atoms with Crippen molar-refractivity contribution in [3.63, 3.8) is 0 Å². The topological polar surface area (TPSA) is 176 Å². The number of benzene rings is 2. The molecular weight excluding hydrogens is 839 g/mol. The van der Waals surface area contributed by atoms with Crippen molar-refractivity contribution < 1.29 is 38.6 Å². The smallest absolute Gasteiger partial charge is 0.324 e. The molecule has 2 saturated heterocycles. The Kier molecular flexibility index (Phi) is 14.7. The maximum Gasteiger partial charge on any atom is 0.324 e. The molecule has 2 fully saturated rings. The van der Waals surface area contributed by atoms with Gasteiger partial charge >= 0.3 is 5.97 Å². The average molecular weight is 904 g/mol. The first-order valence-electron chi connectivity index (χ1n) is 23.2. The number of nitrogens with zero attached hydrogens (tertiary/aromatic N) is 5. The highest BCUT2D eigenvalue weighted by Gasteiger charge is 2.40. The van der Waals surface area contributed by atoms with E-state index >= 15 is 0 Å². The van der Waals surface area contributed by atoms with Crippen LogP contribution in [-0.2, 0) is 59.3 Å². The summed E-state index contributed by atoms with van der Waals surface area (Å²) in [5, 5.41) is 16.7. The molecule has 5 heterocycles. The number of hydrazine groups is 1. The number of phenols is 1. The van der Waals surface area contributed by atoms with Crippen LogP contribution < -0.4 is 10.7 Å². The lowest BCUT2D eigenvalue weighted by Gasteiger charge is -2.37. The molecule has 7 rings (SSSR count). The largest absolute Gasteiger partial charge is 0.508 e. The molecule has 3 aliphatic rings. The fourth-order valence-corrected chi connectivity index (χ4v) is 9.96. The number of likely N-dealkylation sites (tertiary alicyclic amines) is 1. The Morgan fingerprint density at radius 2 is 1.89 bits per heavy atom. The number of likely N-dealkylation sites (N-methyl/N-ethyl adjacent to an activating group) is 1. The molecule has 0 aliphatic carbocycles. The molecule has 4 atom stereocenters. The Morgan fingerprint density at radius 1 is 1.11 bits per heavy atom. The molecular formula is C51H65N7O8. The van der Waals surface area contributed by atoms with Gasteiger partial charge in [-0.25, -0.2) is 5.43 Å². The number of phenolic OH excluding ortho intramolecular Hbond substituents is 1. The molecule has 15 nitrogen and oxygen atoms in total. The first-order valence-corrected chi connectivity index (χ1v) is 23.2. The number of aromatic hydroxyl groups is 1. The average Bonchev–Trinajstić information content (AvgIpc) is 3.91. The van der Waals surface area contributed by atoms with Crippen LogP contribution in [0.15, 0.2) is 67.4 Å². The number of amides is 4. The van der Waals surface area contributed by atoms with E-state index in [0.717, 1.165) is 44.5 Å². The summed E-state index contributed by atoms with van der Waals surface area (Å²) in [5.41, 5.74) is 9.80. The summed E-state index contributed by atoms with van der Waals surface area (Å²) in [6, 6.07) is 12.6. The fourth-order valence-electron chi connectivity index (χ4n) is 9.96. The van der Waals surface area contributed by atoms with Crippen LogP contribution in [0.2, 0.25) is 0 Å². The van der Waals surface area contributed by atoms with E-state index in [1.807, 2.05) is 32.0 Å². The van der Waals surface area contributed by atoms with Gasteiger partial charge < -0.3 is 34.3 Å². The maximum atomic E-state index is 14.7. The van der Waals surface area contributed by atoms with Crippen LogP contribution in [0, 0.1) is 17.3 Å². The Balaban J connectivity index is 1.30. The number of carbonyl (C=O) groups excluding carboxylic acids is 5. The quantitative estimate of drug-likeness (QED) is 0.130. The van der Waals surface area contributed by atoms with Crippen LogP contribution in [0.4, 0.5) is 0 Å². The third-order valence-electron chi connectivity index (χ3n) is 13.2. The summed E-state index contributed by atoms with van der Waals surface area (Å²) in [6.45, 7) is 15.7. The van der Waals surface area contributed by atoms with Crippen molar-refractivity contribution >= 4 is 40.5 Å². The molecule has 6 bridgehead atoms. The molecule has 352 valence electrons. The zero-order valence-electron chi connectivity index (χ0n) is 39.4. The molecule has 2 aromatic carbocycles. The van der Waals surface area contributed by atoms with Crippen LogP contribution in [0.25, 0.3) is 33.3 Å². The van der Waals surface area contributed by atoms with Gasteiger partial charge in [0.05, 0.1) is 30.5 Å². The SMILES string of the molecule is C=CC(=O)N1CC[C@H](C(=O)N(C)[C@H](C(=O)N[C@H]2Cc3cc(O)cc(c3)-c3ccc4c(c3)c(c(-c3cccnc3CCOC)n4CC)CC(C)(C)COC(=O)[C@@H]3CCCN(N3)C2=O)C(C)C)C1. The number of ether oxygens (including phenoxy) is 2. The first-order chi connectivity index (χ1) is 31.5. The highest BCUT2D eigenvalue weighted by molar-refractivity contribution is 5.96. The number of aromatic nitrogens is 2. The number of pyridine rings is 1. The predicted octanol–water partition coefficient (Wildman–Crippen LogP) is 5.45. The molecule has 66 heavy (non-hydrogen) atoms. The molecule has 3 aliphatic heterocycles. The third-order valence-corrected chi connectivity index (χ3v) is 13.2. The van der Waals surface area contributed by atoms with Crippen LogP contribution in [0.1, 0.15) is 70.7 Å². The summed E-state index contributed by atoms with van der Waals surface area (Å²) in [5.74, 6) is -2.85. The van der Waals surface area contributed by atoms with E-state index in [0.29, 0.717) is 57.4 Å². The van der Waals surface area contributed by atoms with E-state index in [4.69, 9.17) is 14.5 Å². The minimum absolute atomic E-state index is 0.00764. The lowest BCUT2D eigenvalue weighted by atomic mass is 9.84. The van der Waals surface area contributed by atoms with Gasteiger partial charge in [-0.2, -0.15) is 0 Å². The second kappa shape index (κ2) is 20.2. The van der Waals surface area contributed by atoms with E-state index in [-0.39, 0.29) is 49.6 Å². The summed E-state index contributed by atoms with van der Waals surface area (Å²) in [4.78, 5) is 77.2. The number of methoxy groups -OCH3 is 1. The lowest BCUT2D eigenvalue weighted by molar-refractivity contribution is -0.155. The van der Waals surface area contributed by atoms with E-state index in [1.165, 1.54) is 16.0 Å². The van der Waals surface area contributed by atoms with Gasteiger partial charge in [0, 0.05) is 81.3 Å². The van der Waals surface area contributed by atoms with Crippen molar-refractivity contribution in [3.8, 4) is 28.1 Å². The number of aryl methyl sites for hydroxylation is 1. The summed E-state index contributed by atoms with van der Waals surface area (Å²) in [7, 11) is 3.26. The molecule has 0 spiro atoms. The van der Waals surface area contributed by atoms with Gasteiger partial charge in [-0.3, -0.25) is 34.0 Å². The van der Waals surface area contributed by atoms with E-state index in [2.05, 4.69) is 60.9 Å². The molecule has 0 saturated carbocycles. The monoisotopic (exact) mass is 903 g/mol. The number of nitrogens with one attached hydrogen (secondary N) is 2. The van der Waals surface area contributed by atoms with E-state index in [1.54, 1.807) is 37.4 Å². The second-order valence-corrected chi connectivity index (χ2v) is 19.1. The number of fused-ring (bicyclic) bond motifs is 6. The lowest BCUT2D eigenvalue weighted by Crippen LogP contribution is -2.62. The molecule has 4 aromatic rings. The van der Waals surface area contributed by atoms with Gasteiger partial charge in [0.1, 0.15) is 23.9 Å². The third kappa shape index (κ3) is 10.2. The predicted molar refractivity (Wildman–Crippen MR) is 252 cm³/mol. The van der Waals surface area contributed by atoms with Gasteiger partial charge in [0.25, 0.3) is 5.91 Å². The van der Waals surface area contributed by atoms with Crippen molar-refractivity contribution in [1.82, 2.24) is 35.1 Å². The summed E-state index contributed by atoms with van der Waals surface area (Å²) in [6.07, 6.45) is 5.61.